The van der Waals surface area contributed by atoms with E-state index in [-0.39, 0.29) is 11.9 Å². The van der Waals surface area contributed by atoms with Crippen molar-refractivity contribution in [3.8, 4) is 11.4 Å². The van der Waals surface area contributed by atoms with Crippen molar-refractivity contribution in [1.29, 1.82) is 0 Å². The number of carbonyl (C=O) groups is 1. The van der Waals surface area contributed by atoms with Crippen LogP contribution in [0, 0.1) is 6.92 Å². The second-order valence-corrected chi connectivity index (χ2v) is 5.96. The number of benzene rings is 1. The Bertz CT molecular complexity index is 911. The van der Waals surface area contributed by atoms with Gasteiger partial charge in [0, 0.05) is 48.1 Å². The zero-order valence-corrected chi connectivity index (χ0v) is 15.0. The molecule has 1 atom stereocenters. The van der Waals surface area contributed by atoms with E-state index in [2.05, 4.69) is 25.6 Å². The molecule has 6 nitrogen and oxygen atoms in total. The molecule has 0 aliphatic carbocycles. The lowest BCUT2D eigenvalue weighted by atomic mass is 10.1. The van der Waals surface area contributed by atoms with E-state index in [0.717, 1.165) is 22.5 Å². The summed E-state index contributed by atoms with van der Waals surface area (Å²) in [6.45, 7) is 3.85. The Hall–Kier alpha value is -3.28. The first kappa shape index (κ1) is 17.5. The average Bonchev–Trinajstić information content (AvgIpc) is 2.68. The third-order valence-electron chi connectivity index (χ3n) is 4.21. The van der Waals surface area contributed by atoms with Crippen LogP contribution in [0.15, 0.2) is 55.0 Å². The molecule has 0 aliphatic heterocycles. The molecule has 0 fully saturated rings. The Morgan fingerprint density at radius 2 is 1.85 bits per heavy atom. The normalized spacial score (nSPS) is 11.7. The number of hydrogen-bond acceptors (Lipinski definition) is 5. The summed E-state index contributed by atoms with van der Waals surface area (Å²) in [5.74, 6) is 0.507. The van der Waals surface area contributed by atoms with Gasteiger partial charge in [-0.3, -0.25) is 9.78 Å². The van der Waals surface area contributed by atoms with E-state index < -0.39 is 0 Å². The van der Waals surface area contributed by atoms with Gasteiger partial charge >= 0.3 is 0 Å². The molecule has 3 rings (SSSR count). The molecular formula is C20H21N5O. The lowest BCUT2D eigenvalue weighted by Gasteiger charge is -2.17. The smallest absolute Gasteiger partial charge is 0.253 e. The number of para-hydroxylation sites is 1. The van der Waals surface area contributed by atoms with Gasteiger partial charge in [-0.25, -0.2) is 9.97 Å². The molecule has 0 saturated carbocycles. The molecule has 0 saturated heterocycles. The van der Waals surface area contributed by atoms with Gasteiger partial charge in [0.05, 0.1) is 11.6 Å². The number of hydrogen-bond donors (Lipinski definition) is 2. The second-order valence-electron chi connectivity index (χ2n) is 5.96. The molecule has 0 bridgehead atoms. The van der Waals surface area contributed by atoms with E-state index in [1.54, 1.807) is 31.7 Å². The van der Waals surface area contributed by atoms with E-state index in [4.69, 9.17) is 0 Å². The second kappa shape index (κ2) is 7.74. The molecule has 2 N–H and O–H groups in total. The number of amides is 1. The van der Waals surface area contributed by atoms with Crippen LogP contribution in [0.3, 0.4) is 0 Å². The van der Waals surface area contributed by atoms with Crippen LogP contribution in [0.5, 0.6) is 0 Å². The lowest BCUT2D eigenvalue weighted by Crippen LogP contribution is -2.28. The van der Waals surface area contributed by atoms with Crippen molar-refractivity contribution in [2.45, 2.75) is 19.9 Å². The number of carbonyl (C=O) groups excluding carboxylic acids is 1. The fraction of sp³-hybridized carbons (Fsp3) is 0.200. The number of anilines is 1. The molecule has 0 radical (unpaired) electrons. The summed E-state index contributed by atoms with van der Waals surface area (Å²) in [4.78, 5) is 25.6. The third-order valence-corrected chi connectivity index (χ3v) is 4.21. The van der Waals surface area contributed by atoms with Crippen LogP contribution in [0.4, 0.5) is 5.69 Å². The molecule has 6 heteroatoms. The Kier molecular flexibility index (Phi) is 5.22. The summed E-state index contributed by atoms with van der Waals surface area (Å²) in [7, 11) is 1.80. The Labute approximate surface area is 152 Å². The summed E-state index contributed by atoms with van der Waals surface area (Å²) >= 11 is 0. The van der Waals surface area contributed by atoms with Gasteiger partial charge in [0.1, 0.15) is 0 Å². The van der Waals surface area contributed by atoms with Crippen LogP contribution in [0.1, 0.15) is 34.6 Å². The van der Waals surface area contributed by atoms with Crippen molar-refractivity contribution in [2.24, 2.45) is 0 Å². The number of nitrogens with zero attached hydrogens (tertiary/aromatic N) is 3. The van der Waals surface area contributed by atoms with Crippen LogP contribution in [-0.2, 0) is 0 Å². The van der Waals surface area contributed by atoms with Gasteiger partial charge < -0.3 is 10.6 Å². The molecule has 0 unspecified atom stereocenters. The maximum absolute atomic E-state index is 12.6. The Morgan fingerprint density at radius 1 is 1.12 bits per heavy atom. The fourth-order valence-corrected chi connectivity index (χ4v) is 2.79. The van der Waals surface area contributed by atoms with E-state index in [1.165, 1.54) is 0 Å². The SMILES string of the molecule is CNc1ccccc1C(=O)N[C@H](C)c1cnc(-c2ccncc2)nc1C. The summed E-state index contributed by atoms with van der Waals surface area (Å²) in [6.07, 6.45) is 5.20. The lowest BCUT2D eigenvalue weighted by molar-refractivity contribution is 0.0940. The van der Waals surface area contributed by atoms with Crippen LogP contribution >= 0.6 is 0 Å². The molecular weight excluding hydrogens is 326 g/mol. The van der Waals surface area contributed by atoms with Crippen molar-refractivity contribution >= 4 is 11.6 Å². The van der Waals surface area contributed by atoms with E-state index in [0.29, 0.717) is 11.4 Å². The molecule has 26 heavy (non-hydrogen) atoms. The number of pyridine rings is 1. The zero-order valence-electron chi connectivity index (χ0n) is 15.0. The Balaban J connectivity index is 1.80. The van der Waals surface area contributed by atoms with Gasteiger partial charge in [0.25, 0.3) is 5.91 Å². The van der Waals surface area contributed by atoms with Crippen molar-refractivity contribution in [1.82, 2.24) is 20.3 Å². The topological polar surface area (TPSA) is 79.8 Å². The highest BCUT2D eigenvalue weighted by molar-refractivity contribution is 5.99. The van der Waals surface area contributed by atoms with Crippen molar-refractivity contribution in [3.05, 3.63) is 71.8 Å². The first-order valence-corrected chi connectivity index (χ1v) is 8.41. The van der Waals surface area contributed by atoms with Gasteiger partial charge in [-0.15, -0.1) is 0 Å². The summed E-state index contributed by atoms with van der Waals surface area (Å²) in [5, 5.41) is 6.05. The molecule has 1 amide bonds. The van der Waals surface area contributed by atoms with Gasteiger partial charge in [0.2, 0.25) is 0 Å². The highest BCUT2D eigenvalue weighted by Gasteiger charge is 2.17. The number of rotatable bonds is 5. The third kappa shape index (κ3) is 3.69. The molecule has 3 aromatic rings. The predicted octanol–water partition coefficient (Wildman–Crippen LogP) is 3.38. The van der Waals surface area contributed by atoms with Gasteiger partial charge in [-0.1, -0.05) is 12.1 Å². The minimum Gasteiger partial charge on any atom is -0.387 e. The minimum absolute atomic E-state index is 0.139. The van der Waals surface area contributed by atoms with E-state index >= 15 is 0 Å². The highest BCUT2D eigenvalue weighted by atomic mass is 16.1. The quantitative estimate of drug-likeness (QED) is 0.740. The van der Waals surface area contributed by atoms with Crippen LogP contribution in [0.25, 0.3) is 11.4 Å². The molecule has 1 aromatic carbocycles. The summed E-state index contributed by atoms with van der Waals surface area (Å²) in [5.41, 5.74) is 4.03. The number of aromatic nitrogens is 3. The van der Waals surface area contributed by atoms with E-state index in [1.807, 2.05) is 44.2 Å². The first-order valence-electron chi connectivity index (χ1n) is 8.41. The fourth-order valence-electron chi connectivity index (χ4n) is 2.79. The van der Waals surface area contributed by atoms with Gasteiger partial charge in [-0.2, -0.15) is 0 Å². The van der Waals surface area contributed by atoms with Crippen molar-refractivity contribution in [2.75, 3.05) is 12.4 Å². The first-order chi connectivity index (χ1) is 12.6. The molecule has 0 aliphatic rings. The van der Waals surface area contributed by atoms with Crippen LogP contribution in [0.2, 0.25) is 0 Å². The average molecular weight is 347 g/mol. The maximum atomic E-state index is 12.6. The monoisotopic (exact) mass is 347 g/mol. The number of nitrogens with one attached hydrogen (secondary N) is 2. The highest BCUT2D eigenvalue weighted by Crippen LogP contribution is 2.21. The van der Waals surface area contributed by atoms with Crippen molar-refractivity contribution < 1.29 is 4.79 Å². The zero-order chi connectivity index (χ0) is 18.5. The molecule has 132 valence electrons. The predicted molar refractivity (Wildman–Crippen MR) is 102 cm³/mol. The van der Waals surface area contributed by atoms with Gasteiger partial charge in [-0.05, 0) is 38.1 Å². The number of aryl methyl sites for hydroxylation is 1. The molecule has 2 heterocycles. The molecule has 2 aromatic heterocycles. The summed E-state index contributed by atoms with van der Waals surface area (Å²) < 4.78 is 0. The Morgan fingerprint density at radius 3 is 2.54 bits per heavy atom. The largest absolute Gasteiger partial charge is 0.387 e. The van der Waals surface area contributed by atoms with E-state index in [9.17, 15) is 4.79 Å². The minimum atomic E-state index is -0.209. The standard InChI is InChI=1S/C20H21N5O/c1-13-17(12-23-19(24-13)15-8-10-22-11-9-15)14(2)25-20(26)16-6-4-5-7-18(16)21-3/h4-12,14,21H,1-3H3,(H,25,26)/t14-/m1/s1. The van der Waals surface area contributed by atoms with Crippen LogP contribution in [-0.4, -0.2) is 27.9 Å². The van der Waals surface area contributed by atoms with Crippen molar-refractivity contribution in [3.63, 3.8) is 0 Å². The van der Waals surface area contributed by atoms with Crippen LogP contribution < -0.4 is 10.6 Å². The van der Waals surface area contributed by atoms with Gasteiger partial charge in [0.15, 0.2) is 5.82 Å². The maximum Gasteiger partial charge on any atom is 0.253 e. The summed E-state index contributed by atoms with van der Waals surface area (Å²) in [6, 6.07) is 10.9. The molecule has 0 spiro atoms.